The highest BCUT2D eigenvalue weighted by atomic mass is 35.5. The Morgan fingerprint density at radius 3 is 2.79 bits per heavy atom. The van der Waals surface area contributed by atoms with Gasteiger partial charge in [-0.1, -0.05) is 53.8 Å². The van der Waals surface area contributed by atoms with E-state index in [1.54, 1.807) is 6.07 Å². The van der Waals surface area contributed by atoms with E-state index in [1.807, 2.05) is 43.3 Å². The van der Waals surface area contributed by atoms with E-state index in [1.165, 1.54) is 0 Å². The molecule has 24 heavy (non-hydrogen) atoms. The number of nitrogens with two attached hydrogens (primary N) is 1. The molecule has 0 bridgehead atoms. The summed E-state index contributed by atoms with van der Waals surface area (Å²) >= 11 is 6.09. The van der Waals surface area contributed by atoms with Crippen LogP contribution in [0.25, 0.3) is 0 Å². The number of nitrogens with one attached hydrogen (secondary N) is 1. The van der Waals surface area contributed by atoms with Gasteiger partial charge in [0, 0.05) is 24.2 Å². The molecule has 0 saturated heterocycles. The largest absolute Gasteiger partial charge is 0.445 e. The highest BCUT2D eigenvalue weighted by Gasteiger charge is 2.02. The molecular formula is C19H19ClN2O2. The van der Waals surface area contributed by atoms with Gasteiger partial charge in [-0.2, -0.15) is 0 Å². The number of carbonyl (C=O) groups is 1. The molecule has 4 nitrogen and oxygen atoms in total. The smallest absolute Gasteiger partial charge is 0.407 e. The van der Waals surface area contributed by atoms with Crippen LogP contribution in [0.15, 0.2) is 42.5 Å². The van der Waals surface area contributed by atoms with Gasteiger partial charge in [-0.15, -0.1) is 0 Å². The minimum absolute atomic E-state index is 0.249. The summed E-state index contributed by atoms with van der Waals surface area (Å²) in [6.07, 6.45) is 0.0437. The zero-order valence-corrected chi connectivity index (χ0v) is 14.2. The molecule has 0 aliphatic heterocycles. The van der Waals surface area contributed by atoms with Crippen molar-refractivity contribution in [1.82, 2.24) is 5.32 Å². The van der Waals surface area contributed by atoms with E-state index < -0.39 is 6.09 Å². The van der Waals surface area contributed by atoms with Crippen LogP contribution in [-0.4, -0.2) is 12.6 Å². The lowest BCUT2D eigenvalue weighted by molar-refractivity contribution is 0.140. The number of halogens is 1. The molecule has 2 aromatic carbocycles. The van der Waals surface area contributed by atoms with Crippen molar-refractivity contribution in [2.75, 3.05) is 12.3 Å². The molecule has 0 saturated carbocycles. The lowest BCUT2D eigenvalue weighted by atomic mass is 10.1. The van der Waals surface area contributed by atoms with E-state index >= 15 is 0 Å². The minimum Gasteiger partial charge on any atom is -0.445 e. The predicted molar refractivity (Wildman–Crippen MR) is 96.7 cm³/mol. The third-order valence-electron chi connectivity index (χ3n) is 3.31. The van der Waals surface area contributed by atoms with Crippen molar-refractivity contribution in [3.05, 3.63) is 64.2 Å². The van der Waals surface area contributed by atoms with Crippen LogP contribution in [0.2, 0.25) is 5.02 Å². The van der Waals surface area contributed by atoms with Crippen LogP contribution in [0, 0.1) is 18.8 Å². The van der Waals surface area contributed by atoms with E-state index in [0.29, 0.717) is 23.7 Å². The van der Waals surface area contributed by atoms with Gasteiger partial charge in [0.2, 0.25) is 0 Å². The van der Waals surface area contributed by atoms with Gasteiger partial charge in [0.25, 0.3) is 0 Å². The van der Waals surface area contributed by atoms with Crippen LogP contribution in [0.5, 0.6) is 0 Å². The minimum atomic E-state index is -0.456. The lowest BCUT2D eigenvalue weighted by Crippen LogP contribution is -2.24. The number of anilines is 1. The van der Waals surface area contributed by atoms with Gasteiger partial charge >= 0.3 is 6.09 Å². The maximum absolute atomic E-state index is 11.6. The van der Waals surface area contributed by atoms with Gasteiger partial charge in [-0.05, 0) is 30.2 Å². The number of nitrogen functional groups attached to an aromatic ring is 1. The predicted octanol–water partition coefficient (Wildman–Crippen LogP) is 3.90. The Kier molecular flexibility index (Phi) is 6.53. The van der Waals surface area contributed by atoms with Gasteiger partial charge in [0.15, 0.2) is 0 Å². The van der Waals surface area contributed by atoms with Gasteiger partial charge in [-0.25, -0.2) is 4.79 Å². The van der Waals surface area contributed by atoms with Gasteiger partial charge in [-0.3, -0.25) is 0 Å². The van der Waals surface area contributed by atoms with Crippen LogP contribution in [0.3, 0.4) is 0 Å². The van der Waals surface area contributed by atoms with Gasteiger partial charge < -0.3 is 15.8 Å². The third-order valence-corrected chi connectivity index (χ3v) is 3.62. The van der Waals surface area contributed by atoms with Crippen LogP contribution < -0.4 is 11.1 Å². The summed E-state index contributed by atoms with van der Waals surface area (Å²) in [6.45, 7) is 2.56. The summed E-state index contributed by atoms with van der Waals surface area (Å²) in [5.74, 6) is 5.96. The number of rotatable bonds is 4. The van der Waals surface area contributed by atoms with E-state index in [9.17, 15) is 4.79 Å². The number of hydrogen-bond acceptors (Lipinski definition) is 3. The lowest BCUT2D eigenvalue weighted by Gasteiger charge is -2.05. The van der Waals surface area contributed by atoms with Gasteiger partial charge in [0.05, 0.1) is 5.02 Å². The summed E-state index contributed by atoms with van der Waals surface area (Å²) in [6, 6.07) is 13.1. The Balaban J connectivity index is 1.73. The number of alkyl carbamates (subject to hydrolysis) is 1. The molecule has 2 rings (SSSR count). The van der Waals surface area contributed by atoms with Crippen molar-refractivity contribution in [2.24, 2.45) is 0 Å². The van der Waals surface area contributed by atoms with Crippen LogP contribution >= 0.6 is 11.6 Å². The molecule has 5 heteroatoms. The second-order valence-electron chi connectivity index (χ2n) is 5.23. The second kappa shape index (κ2) is 8.85. The molecule has 0 spiro atoms. The van der Waals surface area contributed by atoms with E-state index in [4.69, 9.17) is 22.1 Å². The van der Waals surface area contributed by atoms with Crippen LogP contribution in [0.1, 0.15) is 23.1 Å². The van der Waals surface area contributed by atoms with Crippen molar-refractivity contribution in [2.45, 2.75) is 20.0 Å². The summed E-state index contributed by atoms with van der Waals surface area (Å²) in [4.78, 5) is 11.6. The summed E-state index contributed by atoms with van der Waals surface area (Å²) in [5.41, 5.74) is 9.04. The quantitative estimate of drug-likeness (QED) is 0.503. The number of amides is 1. The zero-order chi connectivity index (χ0) is 17.4. The molecule has 0 aliphatic rings. The van der Waals surface area contributed by atoms with Crippen LogP contribution in [-0.2, 0) is 11.3 Å². The Hall–Kier alpha value is -2.64. The van der Waals surface area contributed by atoms with Gasteiger partial charge in [0.1, 0.15) is 6.61 Å². The van der Waals surface area contributed by atoms with Crippen molar-refractivity contribution in [1.29, 1.82) is 0 Å². The van der Waals surface area contributed by atoms with Crippen molar-refractivity contribution < 1.29 is 9.53 Å². The first-order valence-corrected chi connectivity index (χ1v) is 7.93. The topological polar surface area (TPSA) is 64.3 Å². The zero-order valence-electron chi connectivity index (χ0n) is 13.4. The Labute approximate surface area is 147 Å². The molecule has 0 radical (unpaired) electrons. The first kappa shape index (κ1) is 17.7. The Bertz CT molecular complexity index is 764. The molecule has 3 N–H and O–H groups in total. The van der Waals surface area contributed by atoms with E-state index in [0.717, 1.165) is 16.7 Å². The molecule has 0 heterocycles. The summed E-state index contributed by atoms with van der Waals surface area (Å²) in [7, 11) is 0. The number of aryl methyl sites for hydroxylation is 1. The maximum atomic E-state index is 11.6. The molecule has 1 amide bonds. The number of hydrogen-bond donors (Lipinski definition) is 2. The molecule has 2 aromatic rings. The summed E-state index contributed by atoms with van der Waals surface area (Å²) < 4.78 is 5.11. The van der Waals surface area contributed by atoms with E-state index in [-0.39, 0.29) is 6.61 Å². The fourth-order valence-electron chi connectivity index (χ4n) is 1.95. The van der Waals surface area contributed by atoms with E-state index in [2.05, 4.69) is 17.2 Å². The Morgan fingerprint density at radius 2 is 2.04 bits per heavy atom. The molecule has 0 atom stereocenters. The second-order valence-corrected chi connectivity index (χ2v) is 5.64. The van der Waals surface area contributed by atoms with Crippen molar-refractivity contribution in [3.8, 4) is 11.8 Å². The first-order chi connectivity index (χ1) is 11.6. The molecule has 0 fully saturated rings. The van der Waals surface area contributed by atoms with Crippen molar-refractivity contribution in [3.63, 3.8) is 0 Å². The number of ether oxygens (including phenoxy) is 1. The molecule has 0 unspecified atom stereocenters. The highest BCUT2D eigenvalue weighted by molar-refractivity contribution is 6.32. The van der Waals surface area contributed by atoms with Crippen LogP contribution in [0.4, 0.5) is 10.5 Å². The maximum Gasteiger partial charge on any atom is 0.407 e. The normalized spacial score (nSPS) is 9.75. The average Bonchev–Trinajstić information content (AvgIpc) is 2.58. The SMILES string of the molecule is Cc1cc(C#CCCNC(=O)OCc2ccccc2)c(Cl)cc1N. The summed E-state index contributed by atoms with van der Waals surface area (Å²) in [5, 5.41) is 3.19. The molecular weight excluding hydrogens is 324 g/mol. The third kappa shape index (κ3) is 5.53. The van der Waals surface area contributed by atoms with Crippen molar-refractivity contribution >= 4 is 23.4 Å². The average molecular weight is 343 g/mol. The Morgan fingerprint density at radius 1 is 1.29 bits per heavy atom. The first-order valence-electron chi connectivity index (χ1n) is 7.55. The molecule has 0 aromatic heterocycles. The fourth-order valence-corrected chi connectivity index (χ4v) is 2.17. The standard InChI is InChI=1S/C19H19ClN2O2/c1-14-11-16(17(20)12-18(14)21)9-5-6-10-22-19(23)24-13-15-7-3-2-4-8-15/h2-4,7-8,11-12H,6,10,13,21H2,1H3,(H,22,23). The fraction of sp³-hybridized carbons (Fsp3) is 0.211. The number of carbonyl (C=O) groups excluding carboxylic acids is 1. The monoisotopic (exact) mass is 342 g/mol. The number of benzene rings is 2. The molecule has 124 valence electrons. The molecule has 0 aliphatic carbocycles. The highest BCUT2D eigenvalue weighted by Crippen LogP contribution is 2.21.